The molecule has 0 N–H and O–H groups in total. The molecule has 0 aliphatic heterocycles. The number of hydrogen-bond donors (Lipinski definition) is 0. The molecular formula is C52H99F3NNaO18S2Si2. The van der Waals surface area contributed by atoms with E-state index in [4.69, 9.17) is 56.2 Å². The summed E-state index contributed by atoms with van der Waals surface area (Å²) < 4.78 is 148. The van der Waals surface area contributed by atoms with Crippen molar-refractivity contribution in [2.24, 2.45) is 11.3 Å². The van der Waals surface area contributed by atoms with Gasteiger partial charge in [-0.1, -0.05) is 66.5 Å². The molecule has 0 heterocycles. The maximum Gasteiger partial charge on any atom is 1.00 e. The van der Waals surface area contributed by atoms with Crippen molar-refractivity contribution in [3.05, 3.63) is 34.0 Å². The molecule has 1 aromatic carbocycles. The average Bonchev–Trinajstić information content (AvgIpc) is 3.37. The van der Waals surface area contributed by atoms with Crippen LogP contribution in [-0.2, 0) is 85.9 Å². The molecule has 1 rings (SSSR count). The molecule has 79 heavy (non-hydrogen) atoms. The second kappa shape index (κ2) is 47.1. The first kappa shape index (κ1) is 82.1. The van der Waals surface area contributed by atoms with Crippen LogP contribution in [0.25, 0.3) is 4.13 Å². The third kappa shape index (κ3) is 44.1. The molecule has 1 aromatic rings. The van der Waals surface area contributed by atoms with Crippen LogP contribution >= 0.6 is 0 Å². The van der Waals surface area contributed by atoms with Crippen LogP contribution in [0.2, 0.25) is 38.3 Å². The summed E-state index contributed by atoms with van der Waals surface area (Å²) in [6, 6.07) is 7.21. The molecule has 0 radical (unpaired) electrons. The molecule has 0 aliphatic rings. The molecule has 0 amide bonds. The van der Waals surface area contributed by atoms with Gasteiger partial charge in [0.25, 0.3) is 0 Å². The molecule has 0 spiro atoms. The number of rotatable bonds is 45. The van der Waals surface area contributed by atoms with Crippen molar-refractivity contribution in [1.29, 1.82) is 0 Å². The summed E-state index contributed by atoms with van der Waals surface area (Å²) in [6.45, 7) is 34.5. The number of methoxy groups -OCH3 is 1. The number of ether oxygens (including phenoxy) is 11. The van der Waals surface area contributed by atoms with Crippen molar-refractivity contribution >= 4 is 48.6 Å². The van der Waals surface area contributed by atoms with Crippen molar-refractivity contribution in [2.45, 2.75) is 149 Å². The number of unbranched alkanes of at least 4 members (excludes halogenated alkanes) is 1. The van der Waals surface area contributed by atoms with E-state index in [0.29, 0.717) is 119 Å². The Kier molecular flexibility index (Phi) is 49.0. The van der Waals surface area contributed by atoms with Gasteiger partial charge >= 0.3 is 47.0 Å². The van der Waals surface area contributed by atoms with Gasteiger partial charge in [0, 0.05) is 12.0 Å². The maximum absolute atomic E-state index is 12.1. The van der Waals surface area contributed by atoms with Crippen LogP contribution in [0.1, 0.15) is 105 Å². The standard InChI is InChI=1S/C24H48O11.C17H38O3Si2.C11H13F3NO4S2.Na/c1-4-23(2)24(25)35-22-21-34-20-19-33-18-17-32-16-15-31-14-13-30-12-11-29-10-9-28-8-7-27-6-5-26-3;1-9-11-14-21(5,6)20-22(7,8)15-12-13-19-16(18)17(3,4)10-2;1-3-8(2)9-4-6-10(7-5-9)20(16,17)15-21(18,19)11(12,13)14;/h23H,4-22H2,1-3H3;9-15H2,1-8H3;4-8H,3H2,1-2H3;/q;;-1;+1. The van der Waals surface area contributed by atoms with E-state index in [2.05, 4.69) is 33.1 Å². The zero-order chi connectivity index (χ0) is 59.6. The van der Waals surface area contributed by atoms with Crippen LogP contribution in [0.4, 0.5) is 13.2 Å². The summed E-state index contributed by atoms with van der Waals surface area (Å²) in [5, 5.41) is 0. The molecule has 0 saturated carbocycles. The number of benzene rings is 1. The Morgan fingerprint density at radius 2 is 0.949 bits per heavy atom. The van der Waals surface area contributed by atoms with Gasteiger partial charge in [-0.3, -0.25) is 9.59 Å². The van der Waals surface area contributed by atoms with Crippen LogP contribution in [0.3, 0.4) is 0 Å². The van der Waals surface area contributed by atoms with E-state index >= 15 is 0 Å². The van der Waals surface area contributed by atoms with Gasteiger partial charge in [0.15, 0.2) is 26.7 Å². The van der Waals surface area contributed by atoms with E-state index in [-0.39, 0.29) is 65.4 Å². The van der Waals surface area contributed by atoms with Crippen LogP contribution in [0, 0.1) is 11.3 Å². The predicted molar refractivity (Wildman–Crippen MR) is 300 cm³/mol. The largest absolute Gasteiger partial charge is 1.00 e. The number of esters is 2. The van der Waals surface area contributed by atoms with E-state index in [0.717, 1.165) is 49.4 Å². The zero-order valence-electron chi connectivity index (χ0n) is 50.3. The van der Waals surface area contributed by atoms with Gasteiger partial charge in [0.1, 0.15) is 16.6 Å². The van der Waals surface area contributed by atoms with Crippen molar-refractivity contribution in [2.75, 3.05) is 133 Å². The summed E-state index contributed by atoms with van der Waals surface area (Å²) in [5.41, 5.74) is -5.33. The normalized spacial score (nSPS) is 13.1. The van der Waals surface area contributed by atoms with Crippen molar-refractivity contribution < 1.29 is 125 Å². The number of alkyl halides is 3. The fourth-order valence-corrected chi connectivity index (χ4v) is 17.4. The number of carbonyl (C=O) groups excluding carboxylic acids is 2. The smallest absolute Gasteiger partial charge is 0.465 e. The monoisotopic (exact) mass is 1230 g/mol. The van der Waals surface area contributed by atoms with Gasteiger partial charge in [-0.25, -0.2) is 16.8 Å². The first-order chi connectivity index (χ1) is 36.6. The van der Waals surface area contributed by atoms with Gasteiger partial charge in [-0.05, 0) is 101 Å². The first-order valence-electron chi connectivity index (χ1n) is 27.1. The van der Waals surface area contributed by atoms with Gasteiger partial charge in [0.2, 0.25) is 0 Å². The molecule has 0 bridgehead atoms. The zero-order valence-corrected chi connectivity index (χ0v) is 55.9. The number of sulfonamides is 2. The summed E-state index contributed by atoms with van der Waals surface area (Å²) in [6.07, 6.45) is 5.81. The molecular weight excluding hydrogens is 1130 g/mol. The fraction of sp³-hybridized carbons (Fsp3) is 0.846. The Hall–Kier alpha value is -1.16. The second-order valence-electron chi connectivity index (χ2n) is 19.9. The number of hydrogen-bond acceptors (Lipinski definition) is 18. The minimum absolute atomic E-state index is 0. The van der Waals surface area contributed by atoms with Crippen molar-refractivity contribution in [1.82, 2.24) is 0 Å². The minimum atomic E-state index is -6.10. The number of carbonyl (C=O) groups is 2. The molecule has 2 unspecified atom stereocenters. The molecule has 2 atom stereocenters. The summed E-state index contributed by atoms with van der Waals surface area (Å²) in [7, 11) is -12.6. The van der Waals surface area contributed by atoms with Gasteiger partial charge in [-0.2, -0.15) is 13.2 Å². The first-order valence-corrected chi connectivity index (χ1v) is 36.2. The summed E-state index contributed by atoms with van der Waals surface area (Å²) in [4.78, 5) is 22.8. The topological polar surface area (TPSA) is 227 Å². The summed E-state index contributed by atoms with van der Waals surface area (Å²) in [5.74, 6) is -0.187. The molecule has 19 nitrogen and oxygen atoms in total. The van der Waals surface area contributed by atoms with Crippen LogP contribution in [0.5, 0.6) is 0 Å². The summed E-state index contributed by atoms with van der Waals surface area (Å²) >= 11 is 0. The van der Waals surface area contributed by atoms with E-state index in [1.807, 2.05) is 52.6 Å². The predicted octanol–water partition coefficient (Wildman–Crippen LogP) is 7.05. The number of nitrogens with zero attached hydrogens (tertiary/aromatic N) is 1. The Labute approximate surface area is 497 Å². The van der Waals surface area contributed by atoms with E-state index < -0.39 is 47.1 Å². The average molecular weight is 1230 g/mol. The fourth-order valence-electron chi connectivity index (χ4n) is 6.17. The Bertz CT molecular complexity index is 1890. The Balaban J connectivity index is -0.00000114. The van der Waals surface area contributed by atoms with Gasteiger partial charge in [0.05, 0.1) is 130 Å². The second-order valence-corrected chi connectivity index (χ2v) is 32.2. The van der Waals surface area contributed by atoms with Crippen LogP contribution in [0.15, 0.2) is 29.2 Å². The molecule has 0 aromatic heterocycles. The van der Waals surface area contributed by atoms with Crippen LogP contribution < -0.4 is 29.6 Å². The number of halogens is 3. The van der Waals surface area contributed by atoms with Gasteiger partial charge < -0.3 is 60.3 Å². The maximum atomic E-state index is 12.1. The van der Waals surface area contributed by atoms with E-state index in [1.54, 1.807) is 7.11 Å². The SMILES string of the molecule is CCC(C)C(=O)OCCOCCOCCOCCOCCOCCOCCOCCOCCOC.CCC(C)c1ccc(S(=O)(=O)[N-]S(=O)(=O)C(F)(F)F)cc1.CCCC[Si](C)(C)O[Si](C)(C)CCCOC(=O)C(C)(C)CC.[Na+]. The molecule has 27 heteroatoms. The van der Waals surface area contributed by atoms with E-state index in [1.165, 1.54) is 31.0 Å². The van der Waals surface area contributed by atoms with Crippen molar-refractivity contribution in [3.8, 4) is 0 Å². The third-order valence-corrected chi connectivity index (χ3v) is 22.2. The molecule has 0 fully saturated rings. The Morgan fingerprint density at radius 1 is 0.570 bits per heavy atom. The molecule has 0 saturated heterocycles. The van der Waals surface area contributed by atoms with E-state index in [9.17, 15) is 39.6 Å². The third-order valence-electron chi connectivity index (χ3n) is 11.6. The minimum Gasteiger partial charge on any atom is -0.465 e. The molecule has 462 valence electrons. The quantitative estimate of drug-likeness (QED) is 0.0362. The Morgan fingerprint density at radius 3 is 1.29 bits per heavy atom. The molecule has 0 aliphatic carbocycles. The van der Waals surface area contributed by atoms with Crippen LogP contribution in [-0.4, -0.2) is 184 Å². The van der Waals surface area contributed by atoms with Crippen molar-refractivity contribution in [3.63, 3.8) is 0 Å². The van der Waals surface area contributed by atoms with Gasteiger partial charge in [-0.15, -0.1) is 0 Å².